The fourth-order valence-electron chi connectivity index (χ4n) is 2.88. The van der Waals surface area contributed by atoms with Gasteiger partial charge in [0.2, 0.25) is 5.91 Å². The van der Waals surface area contributed by atoms with Crippen LogP contribution in [0.1, 0.15) is 36.5 Å². The third-order valence-electron chi connectivity index (χ3n) is 4.17. The number of likely N-dealkylation sites (tertiary alicyclic amines) is 1. The molecule has 2 amide bonds. The summed E-state index contributed by atoms with van der Waals surface area (Å²) in [6.45, 7) is 3.09. The Hall–Kier alpha value is -1.88. The van der Waals surface area contributed by atoms with Crippen molar-refractivity contribution in [3.05, 3.63) is 29.8 Å². The highest BCUT2D eigenvalue weighted by Gasteiger charge is 2.22. The summed E-state index contributed by atoms with van der Waals surface area (Å²) in [6.07, 6.45) is 3.19. The maximum Gasteiger partial charge on any atom is 0.253 e. The van der Waals surface area contributed by atoms with E-state index >= 15 is 0 Å². The maximum absolute atomic E-state index is 12.6. The second-order valence-corrected chi connectivity index (χ2v) is 6.10. The third-order valence-corrected chi connectivity index (χ3v) is 4.17. The van der Waals surface area contributed by atoms with Gasteiger partial charge in [0, 0.05) is 37.3 Å². The van der Waals surface area contributed by atoms with Gasteiger partial charge in [0.15, 0.2) is 0 Å². The van der Waals surface area contributed by atoms with Gasteiger partial charge in [0.05, 0.1) is 0 Å². The smallest absolute Gasteiger partial charge is 0.253 e. The molecule has 0 aliphatic carbocycles. The number of carbonyl (C=O) groups is 2. The molecule has 1 unspecified atom stereocenters. The normalized spacial score (nSPS) is 18.9. The van der Waals surface area contributed by atoms with Crippen molar-refractivity contribution in [1.82, 2.24) is 9.80 Å². The van der Waals surface area contributed by atoms with E-state index in [0.717, 1.165) is 32.4 Å². The number of anilines is 1. The highest BCUT2D eigenvalue weighted by atomic mass is 16.2. The van der Waals surface area contributed by atoms with Crippen LogP contribution >= 0.6 is 0 Å². The highest BCUT2D eigenvalue weighted by molar-refractivity contribution is 5.95. The van der Waals surface area contributed by atoms with Gasteiger partial charge in [0.1, 0.15) is 0 Å². The molecular weight excluding hydrogens is 278 g/mol. The van der Waals surface area contributed by atoms with Gasteiger partial charge >= 0.3 is 0 Å². The van der Waals surface area contributed by atoms with E-state index in [2.05, 4.69) is 24.3 Å². The molecule has 5 nitrogen and oxygen atoms in total. The third kappa shape index (κ3) is 4.31. The number of carbonyl (C=O) groups excluding carboxylic acids is 2. The van der Waals surface area contributed by atoms with E-state index < -0.39 is 0 Å². The van der Waals surface area contributed by atoms with Gasteiger partial charge < -0.3 is 15.1 Å². The summed E-state index contributed by atoms with van der Waals surface area (Å²) in [5.74, 6) is -0.0323. The first kappa shape index (κ1) is 16.5. The minimum Gasteiger partial charge on any atom is -0.339 e. The monoisotopic (exact) mass is 303 g/mol. The molecule has 0 radical (unpaired) electrons. The van der Waals surface area contributed by atoms with Crippen molar-refractivity contribution in [1.29, 1.82) is 0 Å². The summed E-state index contributed by atoms with van der Waals surface area (Å²) >= 11 is 0. The Morgan fingerprint density at radius 2 is 1.82 bits per heavy atom. The van der Waals surface area contributed by atoms with Crippen molar-refractivity contribution in [3.8, 4) is 0 Å². The van der Waals surface area contributed by atoms with Gasteiger partial charge in [-0.15, -0.1) is 0 Å². The van der Waals surface area contributed by atoms with E-state index in [9.17, 15) is 9.59 Å². The molecule has 120 valence electrons. The van der Waals surface area contributed by atoms with Gasteiger partial charge in [-0.2, -0.15) is 0 Å². The molecule has 1 fully saturated rings. The molecule has 1 N–H and O–H groups in total. The molecule has 0 saturated carbocycles. The van der Waals surface area contributed by atoms with Gasteiger partial charge in [-0.3, -0.25) is 9.59 Å². The first-order valence-electron chi connectivity index (χ1n) is 7.80. The molecule has 0 spiro atoms. The maximum atomic E-state index is 12.6. The lowest BCUT2D eigenvalue weighted by Crippen LogP contribution is -2.33. The topological polar surface area (TPSA) is 52.7 Å². The molecule has 1 aliphatic heterocycles. The van der Waals surface area contributed by atoms with Crippen LogP contribution in [0, 0.1) is 0 Å². The molecule has 1 saturated heterocycles. The molecule has 1 atom stereocenters. The molecule has 0 aromatic heterocycles. The minimum atomic E-state index is -0.110. The Kier molecular flexibility index (Phi) is 5.55. The summed E-state index contributed by atoms with van der Waals surface area (Å²) in [5, 5.41) is 2.71. The number of nitrogens with one attached hydrogen (secondary N) is 1. The number of benzene rings is 1. The minimum absolute atomic E-state index is 0.0776. The zero-order valence-corrected chi connectivity index (χ0v) is 13.6. The lowest BCUT2D eigenvalue weighted by atomic mass is 10.1. The standard InChI is InChI=1S/C17H25N3O2/c1-13(21)18-15-8-6-14(7-9-15)17(22)20-11-4-5-16(10-12-20)19(2)3/h6-9,16H,4-5,10-12H2,1-3H3,(H,18,21). The number of amides is 2. The summed E-state index contributed by atoms with van der Waals surface area (Å²) in [6, 6.07) is 7.66. The summed E-state index contributed by atoms with van der Waals surface area (Å²) in [4.78, 5) is 27.8. The Balaban J connectivity index is 2.00. The van der Waals surface area contributed by atoms with Crippen molar-refractivity contribution in [2.24, 2.45) is 0 Å². The Bertz CT molecular complexity index is 525. The van der Waals surface area contributed by atoms with Crippen molar-refractivity contribution >= 4 is 17.5 Å². The quantitative estimate of drug-likeness (QED) is 0.931. The fraction of sp³-hybridized carbons (Fsp3) is 0.529. The van der Waals surface area contributed by atoms with E-state index in [1.54, 1.807) is 24.3 Å². The van der Waals surface area contributed by atoms with Crippen molar-refractivity contribution in [3.63, 3.8) is 0 Å². The molecule has 5 heteroatoms. The van der Waals surface area contributed by atoms with Crippen LogP contribution in [0.15, 0.2) is 24.3 Å². The lowest BCUT2D eigenvalue weighted by Gasteiger charge is -2.23. The van der Waals surface area contributed by atoms with Crippen LogP contribution in [-0.2, 0) is 4.79 Å². The van der Waals surface area contributed by atoms with Crippen molar-refractivity contribution in [2.45, 2.75) is 32.2 Å². The lowest BCUT2D eigenvalue weighted by molar-refractivity contribution is -0.114. The van der Waals surface area contributed by atoms with Gasteiger partial charge in [-0.25, -0.2) is 0 Å². The summed E-state index contributed by atoms with van der Waals surface area (Å²) in [7, 11) is 4.20. The molecule has 1 aromatic rings. The first-order chi connectivity index (χ1) is 10.5. The van der Waals surface area contributed by atoms with E-state index in [0.29, 0.717) is 17.3 Å². The zero-order valence-electron chi connectivity index (χ0n) is 13.6. The number of rotatable bonds is 3. The zero-order chi connectivity index (χ0) is 16.1. The molecule has 22 heavy (non-hydrogen) atoms. The van der Waals surface area contributed by atoms with E-state index in [1.165, 1.54) is 6.92 Å². The molecular formula is C17H25N3O2. The molecule has 1 heterocycles. The highest BCUT2D eigenvalue weighted by Crippen LogP contribution is 2.18. The van der Waals surface area contributed by atoms with Crippen LogP contribution in [0.5, 0.6) is 0 Å². The van der Waals surface area contributed by atoms with E-state index in [1.807, 2.05) is 4.90 Å². The summed E-state index contributed by atoms with van der Waals surface area (Å²) < 4.78 is 0. The van der Waals surface area contributed by atoms with Gasteiger partial charge in [-0.05, 0) is 57.6 Å². The second kappa shape index (κ2) is 7.40. The van der Waals surface area contributed by atoms with E-state index in [4.69, 9.17) is 0 Å². The van der Waals surface area contributed by atoms with Crippen LogP contribution in [0.4, 0.5) is 5.69 Å². The second-order valence-electron chi connectivity index (χ2n) is 6.10. The van der Waals surface area contributed by atoms with Crippen molar-refractivity contribution in [2.75, 3.05) is 32.5 Å². The molecule has 1 aliphatic rings. The predicted molar refractivity (Wildman–Crippen MR) is 88.0 cm³/mol. The average Bonchev–Trinajstić information content (AvgIpc) is 2.72. The molecule has 1 aromatic carbocycles. The number of hydrogen-bond acceptors (Lipinski definition) is 3. The fourth-order valence-corrected chi connectivity index (χ4v) is 2.88. The van der Waals surface area contributed by atoms with Crippen LogP contribution in [-0.4, -0.2) is 54.8 Å². The number of hydrogen-bond donors (Lipinski definition) is 1. The Morgan fingerprint density at radius 3 is 2.41 bits per heavy atom. The predicted octanol–water partition coefficient (Wildman–Crippen LogP) is 2.20. The van der Waals surface area contributed by atoms with E-state index in [-0.39, 0.29) is 11.8 Å². The van der Waals surface area contributed by atoms with Crippen LogP contribution < -0.4 is 5.32 Å². The van der Waals surface area contributed by atoms with Crippen LogP contribution in [0.3, 0.4) is 0 Å². The van der Waals surface area contributed by atoms with Gasteiger partial charge in [0.25, 0.3) is 5.91 Å². The van der Waals surface area contributed by atoms with Crippen LogP contribution in [0.25, 0.3) is 0 Å². The Morgan fingerprint density at radius 1 is 1.14 bits per heavy atom. The largest absolute Gasteiger partial charge is 0.339 e. The molecule has 2 rings (SSSR count). The summed E-state index contributed by atoms with van der Waals surface area (Å²) in [5.41, 5.74) is 1.39. The Labute approximate surface area is 132 Å². The molecule has 0 bridgehead atoms. The first-order valence-corrected chi connectivity index (χ1v) is 7.80. The number of nitrogens with zero attached hydrogens (tertiary/aromatic N) is 2. The van der Waals surface area contributed by atoms with Crippen molar-refractivity contribution < 1.29 is 9.59 Å². The van der Waals surface area contributed by atoms with Crippen LogP contribution in [0.2, 0.25) is 0 Å². The SMILES string of the molecule is CC(=O)Nc1ccc(C(=O)N2CCCC(N(C)C)CC2)cc1. The average molecular weight is 303 g/mol. The van der Waals surface area contributed by atoms with Gasteiger partial charge in [-0.1, -0.05) is 0 Å².